The summed E-state index contributed by atoms with van der Waals surface area (Å²) in [5, 5.41) is 19.6. The van der Waals surface area contributed by atoms with Crippen molar-refractivity contribution in [2.75, 3.05) is 31.1 Å². The number of aryl methyl sites for hydroxylation is 3. The highest BCUT2D eigenvalue weighted by Gasteiger charge is 2.24. The number of nitrogens with zero attached hydrogens (tertiary/aromatic N) is 4. The molecule has 0 atom stereocenters. The number of aromatic hydroxyl groups is 1. The number of rotatable bonds is 3. The van der Waals surface area contributed by atoms with Crippen LogP contribution in [-0.4, -0.2) is 41.2 Å². The largest absolute Gasteiger partial charge is 0.502 e. The maximum atomic E-state index is 11.8. The third kappa shape index (κ3) is 3.60. The third-order valence-corrected chi connectivity index (χ3v) is 5.56. The van der Waals surface area contributed by atoms with Gasteiger partial charge < -0.3 is 14.4 Å². The first-order valence-corrected chi connectivity index (χ1v) is 9.78. The third-order valence-electron chi connectivity index (χ3n) is 5.56. The highest BCUT2D eigenvalue weighted by atomic mass is 16.4. The van der Waals surface area contributed by atoms with Crippen LogP contribution in [-0.2, 0) is 19.4 Å². The molecule has 2 aromatic rings. The zero-order chi connectivity index (χ0) is 19.7. The van der Waals surface area contributed by atoms with Crippen LogP contribution in [0.25, 0.3) is 0 Å². The molecular formula is C21H24N4O3. The van der Waals surface area contributed by atoms with Gasteiger partial charge in [0.1, 0.15) is 17.6 Å². The van der Waals surface area contributed by atoms with Crippen molar-refractivity contribution in [3.8, 4) is 11.8 Å². The summed E-state index contributed by atoms with van der Waals surface area (Å²) < 4.78 is 5.54. The van der Waals surface area contributed by atoms with Crippen molar-refractivity contribution >= 4 is 5.82 Å². The summed E-state index contributed by atoms with van der Waals surface area (Å²) in [6.45, 7) is 5.03. The summed E-state index contributed by atoms with van der Waals surface area (Å²) >= 11 is 0. The first kappa shape index (κ1) is 18.5. The van der Waals surface area contributed by atoms with Gasteiger partial charge in [0.05, 0.1) is 12.1 Å². The molecule has 0 spiro atoms. The van der Waals surface area contributed by atoms with Crippen molar-refractivity contribution in [2.24, 2.45) is 0 Å². The second-order valence-electron chi connectivity index (χ2n) is 7.54. The Bertz CT molecular complexity index is 984. The molecule has 0 bridgehead atoms. The van der Waals surface area contributed by atoms with E-state index in [9.17, 15) is 15.2 Å². The molecule has 4 rings (SSSR count). The van der Waals surface area contributed by atoms with Crippen LogP contribution in [0.5, 0.6) is 5.75 Å². The average Bonchev–Trinajstić information content (AvgIpc) is 2.71. The molecule has 0 amide bonds. The van der Waals surface area contributed by atoms with E-state index < -0.39 is 5.43 Å². The maximum absolute atomic E-state index is 11.8. The van der Waals surface area contributed by atoms with E-state index in [1.807, 2.05) is 6.07 Å². The van der Waals surface area contributed by atoms with Gasteiger partial charge in [0, 0.05) is 37.9 Å². The molecule has 1 fully saturated rings. The van der Waals surface area contributed by atoms with Gasteiger partial charge in [0.2, 0.25) is 11.2 Å². The summed E-state index contributed by atoms with van der Waals surface area (Å²) in [5.41, 5.74) is 2.59. The van der Waals surface area contributed by atoms with Crippen LogP contribution in [0.2, 0.25) is 0 Å². The predicted octanol–water partition coefficient (Wildman–Crippen LogP) is 2.12. The van der Waals surface area contributed by atoms with Crippen molar-refractivity contribution in [3.05, 3.63) is 50.7 Å². The lowest BCUT2D eigenvalue weighted by Gasteiger charge is -2.36. The Labute approximate surface area is 163 Å². The second kappa shape index (κ2) is 7.64. The first-order chi connectivity index (χ1) is 13.5. The molecule has 0 saturated carbocycles. The number of fused-ring (bicyclic) bond motifs is 1. The lowest BCUT2D eigenvalue weighted by Crippen LogP contribution is -2.46. The number of nitriles is 1. The Morgan fingerprint density at radius 3 is 2.71 bits per heavy atom. The first-order valence-electron chi connectivity index (χ1n) is 9.78. The zero-order valence-electron chi connectivity index (χ0n) is 16.1. The summed E-state index contributed by atoms with van der Waals surface area (Å²) in [5.74, 6) is 1.28. The molecule has 146 valence electrons. The zero-order valence-corrected chi connectivity index (χ0v) is 16.1. The molecule has 1 aliphatic heterocycles. The number of piperazine rings is 1. The normalized spacial score (nSPS) is 17.2. The van der Waals surface area contributed by atoms with Gasteiger partial charge in [-0.05, 0) is 44.2 Å². The fourth-order valence-corrected chi connectivity index (χ4v) is 4.04. The standard InChI is InChI=1S/C21H24N4O3/c1-14-10-18(26)20(27)19(28-14)13-24-6-8-25(9-7-24)21-16(12-22)11-15-4-2-3-5-17(15)23-21/h10-11,27H,2-9,13H2,1H3. The van der Waals surface area contributed by atoms with E-state index in [1.54, 1.807) is 6.92 Å². The van der Waals surface area contributed by atoms with Gasteiger partial charge in [-0.3, -0.25) is 9.69 Å². The lowest BCUT2D eigenvalue weighted by atomic mass is 9.95. The number of hydrogen-bond acceptors (Lipinski definition) is 7. The highest BCUT2D eigenvalue weighted by molar-refractivity contribution is 5.56. The van der Waals surface area contributed by atoms with Crippen molar-refractivity contribution in [1.29, 1.82) is 5.26 Å². The summed E-state index contributed by atoms with van der Waals surface area (Å²) in [6, 6.07) is 5.62. The van der Waals surface area contributed by atoms with Crippen LogP contribution < -0.4 is 10.3 Å². The fraction of sp³-hybridized carbons (Fsp3) is 0.476. The molecule has 1 aliphatic carbocycles. The summed E-state index contributed by atoms with van der Waals surface area (Å²) in [7, 11) is 0. The lowest BCUT2D eigenvalue weighted by molar-refractivity contribution is 0.219. The molecule has 2 aliphatic rings. The van der Waals surface area contributed by atoms with E-state index in [0.29, 0.717) is 23.6 Å². The molecule has 0 unspecified atom stereocenters. The van der Waals surface area contributed by atoms with E-state index in [0.717, 1.165) is 57.0 Å². The van der Waals surface area contributed by atoms with Crippen molar-refractivity contribution < 1.29 is 9.52 Å². The highest BCUT2D eigenvalue weighted by Crippen LogP contribution is 2.27. The quantitative estimate of drug-likeness (QED) is 0.872. The summed E-state index contributed by atoms with van der Waals surface area (Å²) in [6.07, 6.45) is 4.32. The van der Waals surface area contributed by atoms with E-state index in [1.165, 1.54) is 18.1 Å². The Hall–Kier alpha value is -2.85. The minimum atomic E-state index is -0.408. The molecule has 2 aromatic heterocycles. The van der Waals surface area contributed by atoms with Gasteiger partial charge in [0.25, 0.3) is 0 Å². The van der Waals surface area contributed by atoms with Gasteiger partial charge in [-0.2, -0.15) is 5.26 Å². The maximum Gasteiger partial charge on any atom is 0.227 e. The van der Waals surface area contributed by atoms with Crippen LogP contribution in [0.4, 0.5) is 5.82 Å². The van der Waals surface area contributed by atoms with Gasteiger partial charge in [-0.15, -0.1) is 0 Å². The van der Waals surface area contributed by atoms with Gasteiger partial charge in [0.15, 0.2) is 5.76 Å². The van der Waals surface area contributed by atoms with Crippen molar-refractivity contribution in [1.82, 2.24) is 9.88 Å². The summed E-state index contributed by atoms with van der Waals surface area (Å²) in [4.78, 5) is 20.9. The topological polar surface area (TPSA) is 93.6 Å². The Morgan fingerprint density at radius 1 is 1.21 bits per heavy atom. The van der Waals surface area contributed by atoms with Gasteiger partial charge in [-0.25, -0.2) is 4.98 Å². The molecule has 1 N–H and O–H groups in total. The van der Waals surface area contributed by atoms with Gasteiger partial charge >= 0.3 is 0 Å². The molecule has 7 nitrogen and oxygen atoms in total. The fourth-order valence-electron chi connectivity index (χ4n) is 4.04. The molecule has 1 saturated heterocycles. The Balaban J connectivity index is 1.48. The minimum absolute atomic E-state index is 0.308. The Morgan fingerprint density at radius 2 is 1.96 bits per heavy atom. The molecule has 3 heterocycles. The molecule has 7 heteroatoms. The molecule has 0 aromatic carbocycles. The van der Waals surface area contributed by atoms with E-state index in [4.69, 9.17) is 9.40 Å². The van der Waals surface area contributed by atoms with Crippen LogP contribution in [0.15, 0.2) is 21.3 Å². The average molecular weight is 380 g/mol. The van der Waals surface area contributed by atoms with Crippen LogP contribution in [0.1, 0.15) is 41.2 Å². The SMILES string of the molecule is Cc1cc(=O)c(O)c(CN2CCN(c3nc4c(cc3C#N)CCCC4)CC2)o1. The second-order valence-corrected chi connectivity index (χ2v) is 7.54. The molecule has 28 heavy (non-hydrogen) atoms. The Kier molecular flexibility index (Phi) is 5.05. The number of anilines is 1. The van der Waals surface area contributed by atoms with E-state index in [-0.39, 0.29) is 5.75 Å². The van der Waals surface area contributed by atoms with Gasteiger partial charge in [-0.1, -0.05) is 0 Å². The van der Waals surface area contributed by atoms with Crippen molar-refractivity contribution in [2.45, 2.75) is 39.2 Å². The molecule has 0 radical (unpaired) electrons. The van der Waals surface area contributed by atoms with Crippen LogP contribution in [0, 0.1) is 18.3 Å². The van der Waals surface area contributed by atoms with Crippen LogP contribution in [0.3, 0.4) is 0 Å². The smallest absolute Gasteiger partial charge is 0.227 e. The number of pyridine rings is 1. The van der Waals surface area contributed by atoms with E-state index >= 15 is 0 Å². The van der Waals surface area contributed by atoms with Crippen LogP contribution >= 0.6 is 0 Å². The monoisotopic (exact) mass is 380 g/mol. The minimum Gasteiger partial charge on any atom is -0.502 e. The number of aromatic nitrogens is 1. The van der Waals surface area contributed by atoms with E-state index in [2.05, 4.69) is 15.9 Å². The molecular weight excluding hydrogens is 356 g/mol. The van der Waals surface area contributed by atoms with Crippen molar-refractivity contribution in [3.63, 3.8) is 0 Å². The number of hydrogen-bond donors (Lipinski definition) is 1. The predicted molar refractivity (Wildman–Crippen MR) is 104 cm³/mol.